The fourth-order valence-corrected chi connectivity index (χ4v) is 0.850. The van der Waals surface area contributed by atoms with E-state index < -0.39 is 6.17 Å². The summed E-state index contributed by atoms with van der Waals surface area (Å²) < 4.78 is 12.4. The summed E-state index contributed by atoms with van der Waals surface area (Å²) in [5, 5.41) is 0. The highest BCUT2D eigenvalue weighted by molar-refractivity contribution is 5.21. The van der Waals surface area contributed by atoms with Gasteiger partial charge in [0.25, 0.3) is 0 Å². The lowest BCUT2D eigenvalue weighted by atomic mass is 10.0. The van der Waals surface area contributed by atoms with Crippen LogP contribution in [0.15, 0.2) is 23.8 Å². The fraction of sp³-hybridized carbons (Fsp3) is 0.429. The van der Waals surface area contributed by atoms with E-state index in [0.29, 0.717) is 13.0 Å². The van der Waals surface area contributed by atoms with Crippen molar-refractivity contribution in [3.8, 4) is 0 Å². The molecule has 0 aromatic carbocycles. The number of rotatable bonds is 1. The highest BCUT2D eigenvalue weighted by atomic mass is 19.1. The van der Waals surface area contributed by atoms with Crippen LogP contribution in [0.25, 0.3) is 0 Å². The molecule has 0 spiro atoms. The molecule has 0 bridgehead atoms. The van der Waals surface area contributed by atoms with E-state index in [1.807, 2.05) is 6.08 Å². The molecule has 0 amide bonds. The second kappa shape index (κ2) is 2.78. The van der Waals surface area contributed by atoms with Crippen molar-refractivity contribution in [3.63, 3.8) is 0 Å². The SMILES string of the molecule is NCC1=CC=CC(F)C1. The lowest BCUT2D eigenvalue weighted by Gasteiger charge is -2.08. The maximum atomic E-state index is 12.4. The van der Waals surface area contributed by atoms with Crippen molar-refractivity contribution < 1.29 is 4.39 Å². The standard InChI is InChI=1S/C7H10FN/c8-7-3-1-2-6(4-7)5-9/h1-3,7H,4-5,9H2. The molecule has 1 aliphatic rings. The van der Waals surface area contributed by atoms with E-state index in [4.69, 9.17) is 5.73 Å². The summed E-state index contributed by atoms with van der Waals surface area (Å²) in [6, 6.07) is 0. The topological polar surface area (TPSA) is 26.0 Å². The molecule has 1 atom stereocenters. The third-order valence-electron chi connectivity index (χ3n) is 1.37. The second-order valence-corrected chi connectivity index (χ2v) is 2.13. The van der Waals surface area contributed by atoms with Crippen molar-refractivity contribution in [2.24, 2.45) is 5.73 Å². The van der Waals surface area contributed by atoms with Gasteiger partial charge in [0.15, 0.2) is 0 Å². The Morgan fingerprint density at radius 2 is 2.56 bits per heavy atom. The molecule has 1 aliphatic carbocycles. The first kappa shape index (κ1) is 6.49. The largest absolute Gasteiger partial charge is 0.327 e. The summed E-state index contributed by atoms with van der Waals surface area (Å²) in [4.78, 5) is 0. The number of hydrogen-bond donors (Lipinski definition) is 1. The Morgan fingerprint density at radius 1 is 1.78 bits per heavy atom. The molecule has 0 saturated heterocycles. The maximum absolute atomic E-state index is 12.4. The van der Waals surface area contributed by atoms with Gasteiger partial charge in [-0.25, -0.2) is 4.39 Å². The van der Waals surface area contributed by atoms with Crippen molar-refractivity contribution in [1.29, 1.82) is 0 Å². The lowest BCUT2D eigenvalue weighted by Crippen LogP contribution is -2.09. The van der Waals surface area contributed by atoms with Crippen LogP contribution in [0.4, 0.5) is 4.39 Å². The van der Waals surface area contributed by atoms with Gasteiger partial charge in [0.1, 0.15) is 6.17 Å². The van der Waals surface area contributed by atoms with E-state index in [1.54, 1.807) is 12.2 Å². The van der Waals surface area contributed by atoms with Gasteiger partial charge < -0.3 is 5.73 Å². The first-order chi connectivity index (χ1) is 4.33. The Labute approximate surface area is 54.0 Å². The van der Waals surface area contributed by atoms with Gasteiger partial charge in [-0.05, 0) is 0 Å². The molecule has 0 heterocycles. The van der Waals surface area contributed by atoms with Crippen molar-refractivity contribution in [2.75, 3.05) is 6.54 Å². The molecule has 1 unspecified atom stereocenters. The summed E-state index contributed by atoms with van der Waals surface area (Å²) >= 11 is 0. The predicted molar refractivity (Wildman–Crippen MR) is 35.8 cm³/mol. The number of alkyl halides is 1. The zero-order valence-corrected chi connectivity index (χ0v) is 5.18. The van der Waals surface area contributed by atoms with Crippen LogP contribution >= 0.6 is 0 Å². The van der Waals surface area contributed by atoms with Crippen molar-refractivity contribution in [3.05, 3.63) is 23.8 Å². The van der Waals surface area contributed by atoms with Gasteiger partial charge in [0.2, 0.25) is 0 Å². The Morgan fingerprint density at radius 3 is 3.00 bits per heavy atom. The number of hydrogen-bond acceptors (Lipinski definition) is 1. The van der Waals surface area contributed by atoms with Crippen LogP contribution in [0, 0.1) is 0 Å². The molecule has 1 rings (SSSR count). The number of allylic oxidation sites excluding steroid dienone is 3. The van der Waals surface area contributed by atoms with E-state index in [9.17, 15) is 4.39 Å². The van der Waals surface area contributed by atoms with Crippen molar-refractivity contribution in [1.82, 2.24) is 0 Å². The summed E-state index contributed by atoms with van der Waals surface area (Å²) in [5.74, 6) is 0. The van der Waals surface area contributed by atoms with E-state index in [0.717, 1.165) is 5.57 Å². The van der Waals surface area contributed by atoms with Gasteiger partial charge in [-0.15, -0.1) is 0 Å². The Kier molecular flexibility index (Phi) is 2.01. The minimum atomic E-state index is -0.812. The molecule has 1 nitrogen and oxygen atoms in total. The third-order valence-corrected chi connectivity index (χ3v) is 1.37. The zero-order valence-electron chi connectivity index (χ0n) is 5.18. The number of nitrogens with two attached hydrogens (primary N) is 1. The van der Waals surface area contributed by atoms with Crippen LogP contribution in [0.1, 0.15) is 6.42 Å². The molecular weight excluding hydrogens is 117 g/mol. The summed E-state index contributed by atoms with van der Waals surface area (Å²) in [6.07, 6.45) is 4.80. The molecule has 9 heavy (non-hydrogen) atoms. The maximum Gasteiger partial charge on any atom is 0.122 e. The van der Waals surface area contributed by atoms with Crippen LogP contribution in [0.2, 0.25) is 0 Å². The van der Waals surface area contributed by atoms with Gasteiger partial charge >= 0.3 is 0 Å². The van der Waals surface area contributed by atoms with E-state index >= 15 is 0 Å². The Balaban J connectivity index is 2.55. The normalized spacial score (nSPS) is 26.0. The summed E-state index contributed by atoms with van der Waals surface area (Å²) in [5.41, 5.74) is 6.29. The predicted octanol–water partition coefficient (Wildman–Crippen LogP) is 1.17. The van der Waals surface area contributed by atoms with Gasteiger partial charge in [-0.3, -0.25) is 0 Å². The zero-order chi connectivity index (χ0) is 6.69. The summed E-state index contributed by atoms with van der Waals surface area (Å²) in [7, 11) is 0. The van der Waals surface area contributed by atoms with Gasteiger partial charge in [-0.1, -0.05) is 23.8 Å². The molecule has 0 aromatic heterocycles. The first-order valence-electron chi connectivity index (χ1n) is 3.03. The molecular formula is C7H10FN. The summed E-state index contributed by atoms with van der Waals surface area (Å²) in [6.45, 7) is 0.477. The molecule has 2 N–H and O–H groups in total. The quantitative estimate of drug-likeness (QED) is 0.562. The highest BCUT2D eigenvalue weighted by Gasteiger charge is 2.06. The highest BCUT2D eigenvalue weighted by Crippen LogP contribution is 2.13. The third kappa shape index (κ3) is 1.64. The molecule has 0 saturated carbocycles. The van der Waals surface area contributed by atoms with Crippen LogP contribution in [-0.2, 0) is 0 Å². The molecule has 0 aliphatic heterocycles. The average molecular weight is 127 g/mol. The minimum Gasteiger partial charge on any atom is -0.327 e. The second-order valence-electron chi connectivity index (χ2n) is 2.13. The fourth-order valence-electron chi connectivity index (χ4n) is 0.850. The van der Waals surface area contributed by atoms with E-state index in [-0.39, 0.29) is 0 Å². The minimum absolute atomic E-state index is 0.477. The monoisotopic (exact) mass is 127 g/mol. The first-order valence-corrected chi connectivity index (χ1v) is 3.03. The lowest BCUT2D eigenvalue weighted by molar-refractivity contribution is 0.393. The van der Waals surface area contributed by atoms with Crippen molar-refractivity contribution in [2.45, 2.75) is 12.6 Å². The van der Waals surface area contributed by atoms with E-state index in [2.05, 4.69) is 0 Å². The van der Waals surface area contributed by atoms with E-state index in [1.165, 1.54) is 0 Å². The van der Waals surface area contributed by atoms with Crippen LogP contribution in [-0.4, -0.2) is 12.7 Å². The van der Waals surface area contributed by atoms with Crippen LogP contribution < -0.4 is 5.73 Å². The molecule has 50 valence electrons. The van der Waals surface area contributed by atoms with Crippen LogP contribution in [0.5, 0.6) is 0 Å². The van der Waals surface area contributed by atoms with Gasteiger partial charge in [-0.2, -0.15) is 0 Å². The van der Waals surface area contributed by atoms with Crippen LogP contribution in [0.3, 0.4) is 0 Å². The Bertz CT molecular complexity index is 149. The Hall–Kier alpha value is -0.630. The van der Waals surface area contributed by atoms with Gasteiger partial charge in [0.05, 0.1) is 0 Å². The van der Waals surface area contributed by atoms with Crippen molar-refractivity contribution >= 4 is 0 Å². The molecule has 0 radical (unpaired) electrons. The molecule has 2 heteroatoms. The molecule has 0 fully saturated rings. The smallest absolute Gasteiger partial charge is 0.122 e. The molecule has 0 aromatic rings. The average Bonchev–Trinajstić information content (AvgIpc) is 1.88. The number of halogens is 1. The van der Waals surface area contributed by atoms with Gasteiger partial charge in [0, 0.05) is 13.0 Å².